The molecule has 0 amide bonds. The average molecular weight is 306 g/mol. The molecule has 2 aromatic carbocycles. The Morgan fingerprint density at radius 2 is 1.73 bits per heavy atom. The van der Waals surface area contributed by atoms with Crippen LogP contribution in [0.2, 0.25) is 0 Å². The Labute approximate surface area is 132 Å². The van der Waals surface area contributed by atoms with Crippen LogP contribution < -0.4 is 0 Å². The van der Waals surface area contributed by atoms with Gasteiger partial charge in [0.1, 0.15) is 22.5 Å². The lowest BCUT2D eigenvalue weighted by Gasteiger charge is -2.10. The zero-order valence-corrected chi connectivity index (χ0v) is 12.9. The quantitative estimate of drug-likeness (QED) is 0.384. The molecule has 4 heteroatoms. The predicted molar refractivity (Wildman–Crippen MR) is 90.0 cm³/mol. The number of furan rings is 1. The minimum Gasteiger partial charge on any atom is -0.451 e. The molecule has 0 saturated carbocycles. The first-order valence-corrected chi connectivity index (χ1v) is 8.05. The van der Waals surface area contributed by atoms with Crippen LogP contribution in [0.15, 0.2) is 70.4 Å². The molecular weight excluding hydrogens is 292 g/mol. The van der Waals surface area contributed by atoms with Crippen molar-refractivity contribution in [3.63, 3.8) is 0 Å². The van der Waals surface area contributed by atoms with E-state index in [0.717, 1.165) is 27.1 Å². The number of aromatic nitrogens is 2. The zero-order chi connectivity index (χ0) is 14.9. The Bertz CT molecular complexity index is 934. The zero-order valence-electron chi connectivity index (χ0n) is 12.1. The molecule has 4 aromatic rings. The van der Waals surface area contributed by atoms with Crippen LogP contribution in [0.4, 0.5) is 0 Å². The van der Waals surface area contributed by atoms with Gasteiger partial charge in [0.15, 0.2) is 5.58 Å². The molecule has 0 aliphatic heterocycles. The maximum absolute atomic E-state index is 5.97. The minimum atomic E-state index is 0.299. The van der Waals surface area contributed by atoms with E-state index in [2.05, 4.69) is 41.2 Å². The Balaban J connectivity index is 1.79. The molecule has 4 rings (SSSR count). The summed E-state index contributed by atoms with van der Waals surface area (Å²) >= 11 is 1.70. The van der Waals surface area contributed by atoms with Crippen molar-refractivity contribution in [2.45, 2.75) is 17.2 Å². The number of benzene rings is 2. The summed E-state index contributed by atoms with van der Waals surface area (Å²) in [5, 5.41) is 2.22. The maximum Gasteiger partial charge on any atom is 0.186 e. The summed E-state index contributed by atoms with van der Waals surface area (Å²) in [6, 6.07) is 18.4. The van der Waals surface area contributed by atoms with Crippen LogP contribution in [0.25, 0.3) is 22.1 Å². The molecule has 0 radical (unpaired) electrons. The van der Waals surface area contributed by atoms with Crippen molar-refractivity contribution < 1.29 is 4.42 Å². The highest BCUT2D eigenvalue weighted by Crippen LogP contribution is 2.39. The molecule has 0 aliphatic carbocycles. The highest BCUT2D eigenvalue weighted by Gasteiger charge is 2.16. The van der Waals surface area contributed by atoms with Gasteiger partial charge < -0.3 is 4.42 Å². The van der Waals surface area contributed by atoms with Crippen molar-refractivity contribution in [2.75, 3.05) is 0 Å². The van der Waals surface area contributed by atoms with Gasteiger partial charge in [-0.25, -0.2) is 9.97 Å². The van der Waals surface area contributed by atoms with Crippen molar-refractivity contribution in [3.8, 4) is 0 Å². The fraction of sp³-hybridized carbons (Fsp3) is 0.111. The van der Waals surface area contributed by atoms with Gasteiger partial charge in [-0.2, -0.15) is 0 Å². The number of rotatable bonds is 3. The van der Waals surface area contributed by atoms with Crippen LogP contribution in [0.5, 0.6) is 0 Å². The smallest absolute Gasteiger partial charge is 0.186 e. The normalized spacial score (nSPS) is 12.8. The molecule has 2 heterocycles. The number of fused-ring (bicyclic) bond motifs is 3. The highest BCUT2D eigenvalue weighted by molar-refractivity contribution is 7.99. The molecule has 22 heavy (non-hydrogen) atoms. The molecule has 0 aliphatic rings. The van der Waals surface area contributed by atoms with Crippen LogP contribution in [-0.2, 0) is 0 Å². The standard InChI is InChI=1S/C18H14N2OS/c1-12(13-7-3-2-4-8-13)22-18-17-16(19-11-20-18)14-9-5-6-10-15(14)21-17/h2-12H,1H3. The lowest BCUT2D eigenvalue weighted by Crippen LogP contribution is -1.90. The fourth-order valence-corrected chi connectivity index (χ4v) is 3.53. The molecular formula is C18H14N2OS. The Hall–Kier alpha value is -2.33. The molecule has 2 aromatic heterocycles. The number of thioether (sulfide) groups is 1. The summed E-state index contributed by atoms with van der Waals surface area (Å²) in [7, 11) is 0. The van der Waals surface area contributed by atoms with E-state index in [-0.39, 0.29) is 0 Å². The van der Waals surface area contributed by atoms with Crippen molar-refractivity contribution in [2.24, 2.45) is 0 Å². The fourth-order valence-electron chi connectivity index (χ4n) is 2.55. The van der Waals surface area contributed by atoms with Gasteiger partial charge in [0.2, 0.25) is 0 Å². The Morgan fingerprint density at radius 1 is 0.955 bits per heavy atom. The molecule has 0 spiro atoms. The van der Waals surface area contributed by atoms with Crippen LogP contribution in [-0.4, -0.2) is 9.97 Å². The van der Waals surface area contributed by atoms with Crippen LogP contribution in [0, 0.1) is 0 Å². The number of hydrogen-bond donors (Lipinski definition) is 0. The summed E-state index contributed by atoms with van der Waals surface area (Å²) in [6.45, 7) is 2.18. The highest BCUT2D eigenvalue weighted by atomic mass is 32.2. The Kier molecular flexibility index (Phi) is 3.31. The van der Waals surface area contributed by atoms with E-state index in [1.165, 1.54) is 5.56 Å². The van der Waals surface area contributed by atoms with Gasteiger partial charge in [0.25, 0.3) is 0 Å². The molecule has 0 N–H and O–H groups in total. The monoisotopic (exact) mass is 306 g/mol. The second kappa shape index (κ2) is 5.46. The summed E-state index contributed by atoms with van der Waals surface area (Å²) in [5.41, 5.74) is 3.78. The molecule has 3 nitrogen and oxygen atoms in total. The average Bonchev–Trinajstić information content (AvgIpc) is 2.95. The molecule has 1 unspecified atom stereocenters. The van der Waals surface area contributed by atoms with Crippen LogP contribution in [0.1, 0.15) is 17.7 Å². The largest absolute Gasteiger partial charge is 0.451 e. The van der Waals surface area contributed by atoms with Crippen molar-refractivity contribution >= 4 is 33.8 Å². The van der Waals surface area contributed by atoms with E-state index in [1.807, 2.05) is 30.3 Å². The SMILES string of the molecule is CC(Sc1ncnc2c1oc1ccccc12)c1ccccc1. The van der Waals surface area contributed by atoms with E-state index >= 15 is 0 Å². The van der Waals surface area contributed by atoms with Crippen LogP contribution >= 0.6 is 11.8 Å². The summed E-state index contributed by atoms with van der Waals surface area (Å²) in [4.78, 5) is 8.82. The lowest BCUT2D eigenvalue weighted by atomic mass is 10.2. The summed E-state index contributed by atoms with van der Waals surface area (Å²) in [6.07, 6.45) is 1.62. The Morgan fingerprint density at radius 3 is 2.59 bits per heavy atom. The topological polar surface area (TPSA) is 38.9 Å². The second-order valence-electron chi connectivity index (χ2n) is 5.13. The predicted octanol–water partition coefficient (Wildman–Crippen LogP) is 5.23. The van der Waals surface area contributed by atoms with E-state index in [4.69, 9.17) is 4.42 Å². The first kappa shape index (κ1) is 13.3. The molecule has 1 atom stereocenters. The lowest BCUT2D eigenvalue weighted by molar-refractivity contribution is 0.653. The van der Waals surface area contributed by atoms with E-state index in [9.17, 15) is 0 Å². The second-order valence-corrected chi connectivity index (χ2v) is 6.46. The van der Waals surface area contributed by atoms with Crippen molar-refractivity contribution in [1.29, 1.82) is 0 Å². The number of hydrogen-bond acceptors (Lipinski definition) is 4. The van der Waals surface area contributed by atoms with Gasteiger partial charge in [-0.1, -0.05) is 54.2 Å². The van der Waals surface area contributed by atoms with Gasteiger partial charge in [-0.3, -0.25) is 0 Å². The van der Waals surface area contributed by atoms with Gasteiger partial charge in [-0.15, -0.1) is 0 Å². The molecule has 0 bridgehead atoms. The molecule has 0 fully saturated rings. The number of para-hydroxylation sites is 1. The van der Waals surface area contributed by atoms with Gasteiger partial charge in [0, 0.05) is 10.6 Å². The number of nitrogens with zero attached hydrogens (tertiary/aromatic N) is 2. The van der Waals surface area contributed by atoms with Crippen molar-refractivity contribution in [3.05, 3.63) is 66.5 Å². The third-order valence-corrected chi connectivity index (χ3v) is 4.82. The van der Waals surface area contributed by atoms with Crippen LogP contribution in [0.3, 0.4) is 0 Å². The maximum atomic E-state index is 5.97. The third-order valence-electron chi connectivity index (χ3n) is 3.68. The first-order chi connectivity index (χ1) is 10.8. The van der Waals surface area contributed by atoms with Gasteiger partial charge in [0.05, 0.1) is 0 Å². The van der Waals surface area contributed by atoms with Gasteiger partial charge in [-0.05, 0) is 24.6 Å². The van der Waals surface area contributed by atoms with Crippen molar-refractivity contribution in [1.82, 2.24) is 9.97 Å². The first-order valence-electron chi connectivity index (χ1n) is 7.17. The third kappa shape index (κ3) is 2.25. The van der Waals surface area contributed by atoms with E-state index in [0.29, 0.717) is 5.25 Å². The summed E-state index contributed by atoms with van der Waals surface area (Å²) in [5.74, 6) is 0. The molecule has 0 saturated heterocycles. The van der Waals surface area contributed by atoms with E-state index in [1.54, 1.807) is 18.1 Å². The molecule has 108 valence electrons. The summed E-state index contributed by atoms with van der Waals surface area (Å²) < 4.78 is 5.97. The minimum absolute atomic E-state index is 0.299. The van der Waals surface area contributed by atoms with Gasteiger partial charge >= 0.3 is 0 Å². The van der Waals surface area contributed by atoms with E-state index < -0.39 is 0 Å².